The molecule has 9 heteroatoms. The second-order valence-corrected chi connectivity index (χ2v) is 9.58. The third-order valence-electron chi connectivity index (χ3n) is 5.65. The Bertz CT molecular complexity index is 1370. The fourth-order valence-corrected chi connectivity index (χ4v) is 4.51. The van der Waals surface area contributed by atoms with Crippen LogP contribution >= 0.6 is 22.6 Å². The molecule has 0 unspecified atom stereocenters. The van der Waals surface area contributed by atoms with E-state index in [9.17, 15) is 14.4 Å². The van der Waals surface area contributed by atoms with Gasteiger partial charge in [-0.15, -0.1) is 0 Å². The predicted molar refractivity (Wildman–Crippen MR) is 146 cm³/mol. The highest BCUT2D eigenvalue weighted by Crippen LogP contribution is 2.36. The Labute approximate surface area is 228 Å². The van der Waals surface area contributed by atoms with Crippen LogP contribution in [0.4, 0.5) is 4.79 Å². The molecule has 0 atom stereocenters. The summed E-state index contributed by atoms with van der Waals surface area (Å²) < 4.78 is 12.6. The van der Waals surface area contributed by atoms with Crippen LogP contribution < -0.4 is 14.8 Å². The second kappa shape index (κ2) is 11.5. The number of aryl methyl sites for hydroxylation is 1. The van der Waals surface area contributed by atoms with Gasteiger partial charge < -0.3 is 19.9 Å². The number of hydrogen-bond donors (Lipinski definition) is 2. The number of amides is 3. The monoisotopic (exact) mass is 612 g/mol. The van der Waals surface area contributed by atoms with Gasteiger partial charge in [-0.1, -0.05) is 42.0 Å². The molecule has 190 valence electrons. The largest absolute Gasteiger partial charge is 0.490 e. The van der Waals surface area contributed by atoms with Crippen LogP contribution in [0.3, 0.4) is 0 Å². The Morgan fingerprint density at radius 3 is 2.35 bits per heavy atom. The second-order valence-electron chi connectivity index (χ2n) is 8.42. The summed E-state index contributed by atoms with van der Waals surface area (Å²) in [6.07, 6.45) is 1.62. The number of carbonyl (C=O) groups excluding carboxylic acids is 2. The molecule has 8 nitrogen and oxygen atoms in total. The molecule has 0 aromatic heterocycles. The Kier molecular flexibility index (Phi) is 8.12. The summed E-state index contributed by atoms with van der Waals surface area (Å²) in [5.74, 6) is -0.351. The molecular formula is C28H25IN2O6. The van der Waals surface area contributed by atoms with Crippen molar-refractivity contribution in [2.24, 2.45) is 0 Å². The minimum atomic E-state index is -0.986. The van der Waals surface area contributed by atoms with Crippen LogP contribution in [0.5, 0.6) is 11.5 Å². The lowest BCUT2D eigenvalue weighted by Gasteiger charge is -2.15. The number of ether oxygens (including phenoxy) is 2. The Hall–Kier alpha value is -3.86. The van der Waals surface area contributed by atoms with Gasteiger partial charge in [-0.05, 0) is 83.5 Å². The van der Waals surface area contributed by atoms with Crippen LogP contribution in [-0.4, -0.2) is 34.5 Å². The summed E-state index contributed by atoms with van der Waals surface area (Å²) in [7, 11) is 0. The van der Waals surface area contributed by atoms with Crippen molar-refractivity contribution in [1.29, 1.82) is 0 Å². The fourth-order valence-electron chi connectivity index (χ4n) is 3.73. The Balaban J connectivity index is 1.52. The number of aromatic carboxylic acids is 1. The van der Waals surface area contributed by atoms with E-state index in [1.165, 1.54) is 17.0 Å². The fraction of sp³-hybridized carbons (Fsp3) is 0.179. The molecule has 37 heavy (non-hydrogen) atoms. The lowest BCUT2D eigenvalue weighted by molar-refractivity contribution is -0.123. The molecule has 2 N–H and O–H groups in total. The van der Waals surface area contributed by atoms with Gasteiger partial charge >= 0.3 is 12.0 Å². The summed E-state index contributed by atoms with van der Waals surface area (Å²) in [6, 6.07) is 17.3. The summed E-state index contributed by atoms with van der Waals surface area (Å²) in [4.78, 5) is 37.7. The van der Waals surface area contributed by atoms with Crippen LogP contribution in [0.15, 0.2) is 66.4 Å². The predicted octanol–water partition coefficient (Wildman–Crippen LogP) is 5.37. The van der Waals surface area contributed by atoms with E-state index in [1.807, 2.05) is 44.2 Å². The molecule has 3 aromatic carbocycles. The van der Waals surface area contributed by atoms with Gasteiger partial charge in [-0.25, -0.2) is 9.59 Å². The summed E-state index contributed by atoms with van der Waals surface area (Å²) in [5, 5.41) is 11.7. The molecule has 0 saturated carbocycles. The quantitative estimate of drug-likeness (QED) is 0.191. The van der Waals surface area contributed by atoms with E-state index in [1.54, 1.807) is 24.3 Å². The number of imide groups is 1. The number of benzene rings is 3. The van der Waals surface area contributed by atoms with Crippen molar-refractivity contribution in [3.05, 3.63) is 97.7 Å². The van der Waals surface area contributed by atoms with Crippen molar-refractivity contribution in [1.82, 2.24) is 10.2 Å². The smallest absolute Gasteiger partial charge is 0.335 e. The van der Waals surface area contributed by atoms with E-state index in [-0.39, 0.29) is 24.4 Å². The average molecular weight is 612 g/mol. The van der Waals surface area contributed by atoms with Crippen LogP contribution in [0.2, 0.25) is 0 Å². The maximum atomic E-state index is 13.0. The zero-order valence-corrected chi connectivity index (χ0v) is 22.4. The van der Waals surface area contributed by atoms with Crippen LogP contribution in [-0.2, 0) is 17.9 Å². The highest BCUT2D eigenvalue weighted by Gasteiger charge is 2.33. The highest BCUT2D eigenvalue weighted by molar-refractivity contribution is 14.1. The molecule has 1 aliphatic rings. The summed E-state index contributed by atoms with van der Waals surface area (Å²) in [6.45, 7) is 4.64. The first-order valence-electron chi connectivity index (χ1n) is 11.6. The van der Waals surface area contributed by atoms with E-state index in [2.05, 4.69) is 27.9 Å². The molecule has 1 aliphatic heterocycles. The minimum absolute atomic E-state index is 0.183. The number of halogens is 1. The van der Waals surface area contributed by atoms with Crippen LogP contribution in [0, 0.1) is 10.5 Å². The number of nitrogens with one attached hydrogen (secondary N) is 1. The molecule has 0 radical (unpaired) electrons. The van der Waals surface area contributed by atoms with E-state index >= 15 is 0 Å². The summed E-state index contributed by atoms with van der Waals surface area (Å²) in [5.41, 5.74) is 3.83. The van der Waals surface area contributed by atoms with Crippen molar-refractivity contribution in [2.45, 2.75) is 27.0 Å². The average Bonchev–Trinajstić information content (AvgIpc) is 3.12. The molecule has 0 bridgehead atoms. The van der Waals surface area contributed by atoms with Gasteiger partial charge in [0.15, 0.2) is 11.5 Å². The normalized spacial score (nSPS) is 14.1. The Morgan fingerprint density at radius 2 is 1.70 bits per heavy atom. The molecule has 1 heterocycles. The third-order valence-corrected chi connectivity index (χ3v) is 6.45. The molecule has 4 rings (SSSR count). The van der Waals surface area contributed by atoms with Crippen molar-refractivity contribution in [2.75, 3.05) is 6.61 Å². The van der Waals surface area contributed by atoms with Gasteiger partial charge in [0.05, 0.1) is 22.3 Å². The lowest BCUT2D eigenvalue weighted by Crippen LogP contribution is -2.30. The SMILES string of the molecule is CCOc1cc(/C=C2/NC(=O)N(Cc3ccc(C)cc3)C2=O)cc(I)c1OCc1ccc(C(=O)O)cc1. The van der Waals surface area contributed by atoms with E-state index < -0.39 is 17.9 Å². The van der Waals surface area contributed by atoms with Gasteiger partial charge in [0.1, 0.15) is 12.3 Å². The van der Waals surface area contributed by atoms with E-state index in [0.717, 1.165) is 20.3 Å². The van der Waals surface area contributed by atoms with Gasteiger partial charge in [-0.3, -0.25) is 9.69 Å². The zero-order chi connectivity index (χ0) is 26.5. The molecule has 3 aromatic rings. The first-order chi connectivity index (χ1) is 17.7. The topological polar surface area (TPSA) is 105 Å². The van der Waals surface area contributed by atoms with Gasteiger partial charge in [0.2, 0.25) is 0 Å². The molecule has 0 aliphatic carbocycles. The third kappa shape index (κ3) is 6.29. The van der Waals surface area contributed by atoms with E-state index in [4.69, 9.17) is 14.6 Å². The maximum absolute atomic E-state index is 13.0. The van der Waals surface area contributed by atoms with Crippen molar-refractivity contribution >= 4 is 46.6 Å². The first kappa shape index (κ1) is 26.2. The minimum Gasteiger partial charge on any atom is -0.490 e. The summed E-state index contributed by atoms with van der Waals surface area (Å²) >= 11 is 2.13. The molecule has 3 amide bonds. The number of urea groups is 1. The number of carbonyl (C=O) groups is 3. The van der Waals surface area contributed by atoms with Crippen LogP contribution in [0.25, 0.3) is 6.08 Å². The number of hydrogen-bond acceptors (Lipinski definition) is 5. The van der Waals surface area contributed by atoms with Crippen molar-refractivity contribution in [3.63, 3.8) is 0 Å². The first-order valence-corrected chi connectivity index (χ1v) is 12.6. The Morgan fingerprint density at radius 1 is 1.03 bits per heavy atom. The highest BCUT2D eigenvalue weighted by atomic mass is 127. The molecular weight excluding hydrogens is 587 g/mol. The van der Waals surface area contributed by atoms with Gasteiger partial charge in [-0.2, -0.15) is 0 Å². The van der Waals surface area contributed by atoms with Crippen molar-refractivity contribution < 1.29 is 29.0 Å². The molecule has 0 spiro atoms. The molecule has 1 fully saturated rings. The number of rotatable bonds is 9. The van der Waals surface area contributed by atoms with Gasteiger partial charge in [0, 0.05) is 0 Å². The lowest BCUT2D eigenvalue weighted by atomic mass is 10.1. The number of nitrogens with zero attached hydrogens (tertiary/aromatic N) is 1. The zero-order valence-electron chi connectivity index (χ0n) is 20.3. The van der Waals surface area contributed by atoms with Crippen LogP contribution in [0.1, 0.15) is 39.5 Å². The number of carboxylic acids is 1. The van der Waals surface area contributed by atoms with Crippen molar-refractivity contribution in [3.8, 4) is 11.5 Å². The molecule has 1 saturated heterocycles. The standard InChI is InChI=1S/C28H25IN2O6/c1-3-36-24-14-20(12-22(29)25(24)37-16-19-8-10-21(11-9-19)27(33)34)13-23-26(32)31(28(35)30-23)15-18-6-4-17(2)5-7-18/h4-14H,3,15-16H2,1-2H3,(H,30,35)(H,33,34)/b23-13+. The maximum Gasteiger partial charge on any atom is 0.335 e. The van der Waals surface area contributed by atoms with Gasteiger partial charge in [0.25, 0.3) is 5.91 Å². The number of carboxylic acid groups (broad SMARTS) is 1. The van der Waals surface area contributed by atoms with E-state index in [0.29, 0.717) is 23.7 Å².